The fourth-order valence-electron chi connectivity index (χ4n) is 1.61. The van der Waals surface area contributed by atoms with E-state index >= 15 is 0 Å². The minimum Gasteiger partial charge on any atom is -0.480 e. The molecular formula is C10H18N2O4. The Bertz CT molecular complexity index is 257. The van der Waals surface area contributed by atoms with Gasteiger partial charge in [-0.3, -0.25) is 4.79 Å². The zero-order valence-corrected chi connectivity index (χ0v) is 9.52. The molecule has 16 heavy (non-hydrogen) atoms. The zero-order valence-electron chi connectivity index (χ0n) is 9.52. The molecule has 1 amide bonds. The maximum absolute atomic E-state index is 11.6. The number of carboxylic acid groups (broad SMARTS) is 1. The number of hydrogen-bond acceptors (Lipinski definition) is 4. The van der Waals surface area contributed by atoms with Gasteiger partial charge in [-0.1, -0.05) is 0 Å². The summed E-state index contributed by atoms with van der Waals surface area (Å²) in [7, 11) is 2.02. The molecule has 6 nitrogen and oxygen atoms in total. The third-order valence-corrected chi connectivity index (χ3v) is 2.52. The number of ether oxygens (including phenoxy) is 1. The van der Waals surface area contributed by atoms with Crippen molar-refractivity contribution in [2.45, 2.75) is 6.42 Å². The molecule has 0 atom stereocenters. The first-order valence-corrected chi connectivity index (χ1v) is 5.35. The monoisotopic (exact) mass is 230 g/mol. The SMILES string of the molecule is CN1CCCN(C(=O)COCC(=O)O)CC1. The summed E-state index contributed by atoms with van der Waals surface area (Å²) in [6, 6.07) is 0. The second-order valence-electron chi connectivity index (χ2n) is 3.92. The maximum Gasteiger partial charge on any atom is 0.329 e. The van der Waals surface area contributed by atoms with Crippen LogP contribution in [0.4, 0.5) is 0 Å². The highest BCUT2D eigenvalue weighted by atomic mass is 16.5. The van der Waals surface area contributed by atoms with Crippen LogP contribution in [0.15, 0.2) is 0 Å². The standard InChI is InChI=1S/C10H18N2O4/c1-11-3-2-4-12(6-5-11)9(13)7-16-8-10(14)15/h2-8H2,1H3,(H,14,15). The molecule has 92 valence electrons. The van der Waals surface area contributed by atoms with Crippen molar-refractivity contribution in [3.63, 3.8) is 0 Å². The van der Waals surface area contributed by atoms with E-state index in [1.54, 1.807) is 4.90 Å². The summed E-state index contributed by atoms with van der Waals surface area (Å²) in [5.41, 5.74) is 0. The molecule has 1 heterocycles. The third kappa shape index (κ3) is 4.59. The number of amides is 1. The number of nitrogens with zero attached hydrogens (tertiary/aromatic N) is 2. The van der Waals surface area contributed by atoms with Crippen molar-refractivity contribution >= 4 is 11.9 Å². The topological polar surface area (TPSA) is 70.1 Å². The van der Waals surface area contributed by atoms with Gasteiger partial charge in [0.15, 0.2) is 0 Å². The summed E-state index contributed by atoms with van der Waals surface area (Å²) in [5, 5.41) is 8.36. The normalized spacial score (nSPS) is 18.2. The van der Waals surface area contributed by atoms with Gasteiger partial charge in [0, 0.05) is 19.6 Å². The first-order chi connectivity index (χ1) is 7.59. The molecule has 0 aromatic heterocycles. The molecule has 0 bridgehead atoms. The van der Waals surface area contributed by atoms with Gasteiger partial charge in [0.1, 0.15) is 13.2 Å². The number of carboxylic acids is 1. The lowest BCUT2D eigenvalue weighted by Crippen LogP contribution is -2.37. The summed E-state index contributed by atoms with van der Waals surface area (Å²) in [5.74, 6) is -1.18. The number of rotatable bonds is 4. The third-order valence-electron chi connectivity index (χ3n) is 2.52. The van der Waals surface area contributed by atoms with Crippen LogP contribution in [0.25, 0.3) is 0 Å². The van der Waals surface area contributed by atoms with Crippen LogP contribution >= 0.6 is 0 Å². The number of carbonyl (C=O) groups is 2. The average Bonchev–Trinajstić information content (AvgIpc) is 2.42. The zero-order chi connectivity index (χ0) is 12.0. The fourth-order valence-corrected chi connectivity index (χ4v) is 1.61. The first kappa shape index (κ1) is 12.9. The van der Waals surface area contributed by atoms with Crippen molar-refractivity contribution < 1.29 is 19.4 Å². The number of likely N-dealkylation sites (N-methyl/N-ethyl adjacent to an activating group) is 1. The highest BCUT2D eigenvalue weighted by Crippen LogP contribution is 2.01. The van der Waals surface area contributed by atoms with Crippen LogP contribution in [0.1, 0.15) is 6.42 Å². The maximum atomic E-state index is 11.6. The van der Waals surface area contributed by atoms with Crippen LogP contribution in [0.2, 0.25) is 0 Å². The minimum absolute atomic E-state index is 0.128. The van der Waals surface area contributed by atoms with Crippen molar-refractivity contribution in [2.75, 3.05) is 46.4 Å². The molecular weight excluding hydrogens is 212 g/mol. The number of aliphatic carboxylic acids is 1. The number of carbonyl (C=O) groups excluding carboxylic acids is 1. The molecule has 1 fully saturated rings. The highest BCUT2D eigenvalue weighted by molar-refractivity contribution is 5.78. The molecule has 0 aromatic carbocycles. The van der Waals surface area contributed by atoms with E-state index in [9.17, 15) is 9.59 Å². The fraction of sp³-hybridized carbons (Fsp3) is 0.800. The van der Waals surface area contributed by atoms with E-state index in [1.807, 2.05) is 7.05 Å². The van der Waals surface area contributed by atoms with E-state index in [0.717, 1.165) is 26.1 Å². The summed E-state index contributed by atoms with van der Waals surface area (Å²) in [4.78, 5) is 25.7. The Morgan fingerprint density at radius 2 is 1.94 bits per heavy atom. The lowest BCUT2D eigenvalue weighted by Gasteiger charge is -2.20. The summed E-state index contributed by atoms with van der Waals surface area (Å²) in [6.07, 6.45) is 0.946. The highest BCUT2D eigenvalue weighted by Gasteiger charge is 2.17. The van der Waals surface area contributed by atoms with Crippen LogP contribution in [-0.2, 0) is 14.3 Å². The molecule has 6 heteroatoms. The van der Waals surface area contributed by atoms with Crippen molar-refractivity contribution in [1.82, 2.24) is 9.80 Å². The van der Waals surface area contributed by atoms with Crippen molar-refractivity contribution in [1.29, 1.82) is 0 Å². The van der Waals surface area contributed by atoms with Crippen LogP contribution in [0, 0.1) is 0 Å². The quantitative estimate of drug-likeness (QED) is 0.688. The summed E-state index contributed by atoms with van der Waals surface area (Å²) in [6.45, 7) is 2.69. The van der Waals surface area contributed by atoms with Gasteiger partial charge in [-0.25, -0.2) is 4.79 Å². The molecule has 0 saturated carbocycles. The van der Waals surface area contributed by atoms with Crippen molar-refractivity contribution in [2.24, 2.45) is 0 Å². The van der Waals surface area contributed by atoms with Crippen molar-refractivity contribution in [3.05, 3.63) is 0 Å². The Morgan fingerprint density at radius 1 is 1.19 bits per heavy atom. The van der Waals surface area contributed by atoms with Gasteiger partial charge in [-0.2, -0.15) is 0 Å². The van der Waals surface area contributed by atoms with Crippen LogP contribution in [0.5, 0.6) is 0 Å². The van der Waals surface area contributed by atoms with E-state index in [-0.39, 0.29) is 12.5 Å². The molecule has 0 radical (unpaired) electrons. The van der Waals surface area contributed by atoms with E-state index < -0.39 is 12.6 Å². The predicted molar refractivity (Wildman–Crippen MR) is 57.1 cm³/mol. The Balaban J connectivity index is 2.27. The van der Waals surface area contributed by atoms with Crippen molar-refractivity contribution in [3.8, 4) is 0 Å². The lowest BCUT2D eigenvalue weighted by molar-refractivity contribution is -0.145. The Hall–Kier alpha value is -1.14. The second kappa shape index (κ2) is 6.44. The van der Waals surface area contributed by atoms with Gasteiger partial charge in [0.05, 0.1) is 0 Å². The molecule has 0 aromatic rings. The first-order valence-electron chi connectivity index (χ1n) is 5.35. The van der Waals surface area contributed by atoms with Gasteiger partial charge < -0.3 is 19.6 Å². The average molecular weight is 230 g/mol. The van der Waals surface area contributed by atoms with E-state index in [0.29, 0.717) is 6.54 Å². The Morgan fingerprint density at radius 3 is 2.62 bits per heavy atom. The number of hydrogen-bond donors (Lipinski definition) is 1. The molecule has 0 aliphatic carbocycles. The van der Waals surface area contributed by atoms with Gasteiger partial charge >= 0.3 is 5.97 Å². The smallest absolute Gasteiger partial charge is 0.329 e. The van der Waals surface area contributed by atoms with E-state index in [1.165, 1.54) is 0 Å². The predicted octanol–water partition coefficient (Wildman–Crippen LogP) is -0.748. The van der Waals surface area contributed by atoms with Gasteiger partial charge in [-0.15, -0.1) is 0 Å². The summed E-state index contributed by atoms with van der Waals surface area (Å²) >= 11 is 0. The second-order valence-corrected chi connectivity index (χ2v) is 3.92. The Labute approximate surface area is 94.8 Å². The molecule has 1 N–H and O–H groups in total. The largest absolute Gasteiger partial charge is 0.480 e. The summed E-state index contributed by atoms with van der Waals surface area (Å²) < 4.78 is 4.77. The van der Waals surface area contributed by atoms with Gasteiger partial charge in [0.2, 0.25) is 5.91 Å². The van der Waals surface area contributed by atoms with Crippen LogP contribution in [-0.4, -0.2) is 73.2 Å². The molecule has 0 unspecified atom stereocenters. The minimum atomic E-state index is -1.05. The lowest BCUT2D eigenvalue weighted by atomic mass is 10.4. The van der Waals surface area contributed by atoms with E-state index in [2.05, 4.69) is 4.90 Å². The molecule has 1 aliphatic rings. The van der Waals surface area contributed by atoms with Crippen LogP contribution in [0.3, 0.4) is 0 Å². The molecule has 1 saturated heterocycles. The molecule has 1 aliphatic heterocycles. The molecule has 1 rings (SSSR count). The molecule has 0 spiro atoms. The van der Waals surface area contributed by atoms with Gasteiger partial charge in [0.25, 0.3) is 0 Å². The Kier molecular flexibility index (Phi) is 5.21. The van der Waals surface area contributed by atoms with E-state index in [4.69, 9.17) is 9.84 Å². The van der Waals surface area contributed by atoms with Crippen LogP contribution < -0.4 is 0 Å². The van der Waals surface area contributed by atoms with Gasteiger partial charge in [-0.05, 0) is 20.0 Å².